The summed E-state index contributed by atoms with van der Waals surface area (Å²) >= 11 is 5.20. The van der Waals surface area contributed by atoms with Crippen molar-refractivity contribution in [3.8, 4) is 5.75 Å². The lowest BCUT2D eigenvalue weighted by Crippen LogP contribution is -2.02. The fraction of sp³-hybridized carbons (Fsp3) is 0.353. The molecule has 2 nitrogen and oxygen atoms in total. The first-order valence-corrected chi connectivity index (χ1v) is 8.75. The van der Waals surface area contributed by atoms with Gasteiger partial charge in [-0.3, -0.25) is 4.79 Å². The Balaban J connectivity index is 1.81. The first-order chi connectivity index (χ1) is 10.2. The Kier molecular flexibility index (Phi) is 4.45. The van der Waals surface area contributed by atoms with Crippen LogP contribution in [0.15, 0.2) is 28.7 Å². The number of thiophene rings is 1. The molecule has 0 spiro atoms. The average Bonchev–Trinajstić information content (AvgIpc) is 2.93. The van der Waals surface area contributed by atoms with Crippen molar-refractivity contribution >= 4 is 33.0 Å². The summed E-state index contributed by atoms with van der Waals surface area (Å²) in [6.07, 6.45) is 5.18. The highest BCUT2D eigenvalue weighted by Gasteiger charge is 2.18. The van der Waals surface area contributed by atoms with Gasteiger partial charge in [0.05, 0.1) is 12.0 Å². The van der Waals surface area contributed by atoms with Crippen LogP contribution in [0.25, 0.3) is 0 Å². The number of methoxy groups -OCH3 is 1. The van der Waals surface area contributed by atoms with Gasteiger partial charge in [-0.15, -0.1) is 11.3 Å². The fourth-order valence-corrected chi connectivity index (χ4v) is 4.28. The van der Waals surface area contributed by atoms with E-state index in [-0.39, 0.29) is 5.78 Å². The molecule has 0 N–H and O–H groups in total. The van der Waals surface area contributed by atoms with Crippen LogP contribution in [0.5, 0.6) is 5.75 Å². The summed E-state index contributed by atoms with van der Waals surface area (Å²) in [6, 6.07) is 7.86. The van der Waals surface area contributed by atoms with Gasteiger partial charge in [-0.1, -0.05) is 15.9 Å². The van der Waals surface area contributed by atoms with Gasteiger partial charge in [0.2, 0.25) is 0 Å². The molecule has 0 saturated heterocycles. The van der Waals surface area contributed by atoms with Crippen LogP contribution < -0.4 is 4.74 Å². The van der Waals surface area contributed by atoms with Crippen LogP contribution in [0.2, 0.25) is 0 Å². The number of carbonyl (C=O) groups excluding carboxylic acids is 1. The molecule has 3 rings (SSSR count). The van der Waals surface area contributed by atoms with Crippen LogP contribution in [0.3, 0.4) is 0 Å². The molecule has 0 amide bonds. The second-order valence-corrected chi connectivity index (χ2v) is 7.31. The average molecular weight is 365 g/mol. The number of halogens is 1. The third kappa shape index (κ3) is 3.22. The van der Waals surface area contributed by atoms with E-state index in [1.165, 1.54) is 23.3 Å². The summed E-state index contributed by atoms with van der Waals surface area (Å²) in [5.41, 5.74) is 2.37. The molecule has 1 aliphatic rings. The quantitative estimate of drug-likeness (QED) is 0.726. The molecule has 1 heterocycles. The van der Waals surface area contributed by atoms with E-state index >= 15 is 0 Å². The maximum Gasteiger partial charge on any atom is 0.177 e. The Morgan fingerprint density at radius 3 is 2.86 bits per heavy atom. The number of hydrogen-bond donors (Lipinski definition) is 0. The van der Waals surface area contributed by atoms with Crippen molar-refractivity contribution < 1.29 is 9.53 Å². The lowest BCUT2D eigenvalue weighted by atomic mass is 9.98. The largest absolute Gasteiger partial charge is 0.497 e. The molecule has 1 aromatic carbocycles. The number of rotatable bonds is 4. The number of fused-ring (bicyclic) bond motifs is 1. The highest BCUT2D eigenvalue weighted by Crippen LogP contribution is 2.31. The van der Waals surface area contributed by atoms with Crippen LogP contribution in [0.1, 0.15) is 38.5 Å². The number of carbonyl (C=O) groups is 1. The molecule has 0 saturated carbocycles. The normalized spacial score (nSPS) is 13.8. The molecular weight excluding hydrogens is 348 g/mol. The Hall–Kier alpha value is -1.13. The summed E-state index contributed by atoms with van der Waals surface area (Å²) in [6.45, 7) is 0. The smallest absolute Gasteiger partial charge is 0.177 e. The lowest BCUT2D eigenvalue weighted by molar-refractivity contribution is 0.0996. The lowest BCUT2D eigenvalue weighted by Gasteiger charge is -2.08. The Morgan fingerprint density at radius 1 is 1.29 bits per heavy atom. The highest BCUT2D eigenvalue weighted by atomic mass is 79.9. The Labute approximate surface area is 137 Å². The first-order valence-electron chi connectivity index (χ1n) is 7.14. The molecule has 0 bridgehead atoms. The molecule has 0 radical (unpaired) electrons. The third-order valence-electron chi connectivity index (χ3n) is 3.88. The summed E-state index contributed by atoms with van der Waals surface area (Å²) < 4.78 is 6.19. The molecule has 110 valence electrons. The van der Waals surface area contributed by atoms with E-state index in [4.69, 9.17) is 4.74 Å². The number of aryl methyl sites for hydroxylation is 2. The zero-order valence-corrected chi connectivity index (χ0v) is 14.4. The minimum Gasteiger partial charge on any atom is -0.497 e. The number of ketones is 1. The van der Waals surface area contributed by atoms with Crippen LogP contribution >= 0.6 is 27.3 Å². The first kappa shape index (κ1) is 14.8. The molecule has 0 fully saturated rings. The van der Waals surface area contributed by atoms with Gasteiger partial charge in [-0.2, -0.15) is 0 Å². The van der Waals surface area contributed by atoms with Gasteiger partial charge in [0, 0.05) is 15.8 Å². The van der Waals surface area contributed by atoms with E-state index in [1.807, 2.05) is 18.2 Å². The second-order valence-electron chi connectivity index (χ2n) is 5.32. The number of benzene rings is 1. The van der Waals surface area contributed by atoms with Crippen LogP contribution in [-0.4, -0.2) is 12.9 Å². The molecule has 2 aromatic rings. The predicted molar refractivity (Wildman–Crippen MR) is 89.7 cm³/mol. The van der Waals surface area contributed by atoms with E-state index < -0.39 is 0 Å². The maximum absolute atomic E-state index is 12.5. The second kappa shape index (κ2) is 6.32. The molecule has 1 aliphatic carbocycles. The summed E-state index contributed by atoms with van der Waals surface area (Å²) in [7, 11) is 1.64. The fourth-order valence-electron chi connectivity index (χ4n) is 2.70. The van der Waals surface area contributed by atoms with Crippen molar-refractivity contribution in [2.75, 3.05) is 7.11 Å². The van der Waals surface area contributed by atoms with Crippen LogP contribution in [0.4, 0.5) is 0 Å². The Bertz CT molecular complexity index is 652. The van der Waals surface area contributed by atoms with Crippen LogP contribution in [0, 0.1) is 0 Å². The molecule has 1 aromatic heterocycles. The summed E-state index contributed by atoms with van der Waals surface area (Å²) in [5, 5.41) is 0. The monoisotopic (exact) mass is 364 g/mol. The Morgan fingerprint density at radius 2 is 2.10 bits per heavy atom. The van der Waals surface area contributed by atoms with Gasteiger partial charge in [0.1, 0.15) is 5.75 Å². The molecule has 21 heavy (non-hydrogen) atoms. The van der Waals surface area contributed by atoms with Gasteiger partial charge in [-0.25, -0.2) is 0 Å². The van der Waals surface area contributed by atoms with Gasteiger partial charge >= 0.3 is 0 Å². The molecule has 4 heteroatoms. The van der Waals surface area contributed by atoms with E-state index in [1.54, 1.807) is 18.4 Å². The summed E-state index contributed by atoms with van der Waals surface area (Å²) in [5.74, 6) is 0.981. The maximum atomic E-state index is 12.5. The predicted octanol–water partition coefficient (Wildman–Crippen LogP) is 4.82. The minimum absolute atomic E-state index is 0.198. The van der Waals surface area contributed by atoms with Gasteiger partial charge in [-0.05, 0) is 61.1 Å². The summed E-state index contributed by atoms with van der Waals surface area (Å²) in [4.78, 5) is 14.8. The van der Waals surface area contributed by atoms with Gasteiger partial charge in [0.25, 0.3) is 0 Å². The van der Waals surface area contributed by atoms with Crippen molar-refractivity contribution in [3.05, 3.63) is 49.6 Å². The minimum atomic E-state index is 0.198. The highest BCUT2D eigenvalue weighted by molar-refractivity contribution is 9.10. The molecular formula is C17H17BrO2S. The molecule has 0 unspecified atom stereocenters. The van der Waals surface area contributed by atoms with E-state index in [0.717, 1.165) is 33.5 Å². The van der Waals surface area contributed by atoms with Crippen molar-refractivity contribution in [2.24, 2.45) is 0 Å². The number of ether oxygens (including phenoxy) is 1. The van der Waals surface area contributed by atoms with E-state index in [2.05, 4.69) is 22.0 Å². The van der Waals surface area contributed by atoms with Crippen molar-refractivity contribution in [3.63, 3.8) is 0 Å². The van der Waals surface area contributed by atoms with E-state index in [0.29, 0.717) is 6.42 Å². The third-order valence-corrected chi connectivity index (χ3v) is 5.93. The van der Waals surface area contributed by atoms with Gasteiger partial charge in [0.15, 0.2) is 5.78 Å². The zero-order chi connectivity index (χ0) is 14.8. The van der Waals surface area contributed by atoms with Gasteiger partial charge < -0.3 is 4.74 Å². The van der Waals surface area contributed by atoms with Crippen molar-refractivity contribution in [2.45, 2.75) is 32.1 Å². The zero-order valence-electron chi connectivity index (χ0n) is 11.9. The number of Topliss-reactive ketones (excluding diaryl/α,β-unsaturated/α-hetero) is 1. The topological polar surface area (TPSA) is 26.3 Å². The standard InChI is InChI=1S/C17H17BrO2S/c1-20-13-6-7-14(18)12(8-13)9-15(19)17-10-11-4-2-3-5-16(11)21-17/h6-8,10H,2-5,9H2,1H3. The SMILES string of the molecule is COc1ccc(Br)c(CC(=O)c2cc3c(s2)CCCC3)c1. The van der Waals surface area contributed by atoms with Crippen molar-refractivity contribution in [1.29, 1.82) is 0 Å². The molecule has 0 atom stereocenters. The number of hydrogen-bond acceptors (Lipinski definition) is 3. The van der Waals surface area contributed by atoms with Crippen LogP contribution in [-0.2, 0) is 19.3 Å². The molecule has 0 aliphatic heterocycles. The van der Waals surface area contributed by atoms with Crippen molar-refractivity contribution in [1.82, 2.24) is 0 Å². The van der Waals surface area contributed by atoms with E-state index in [9.17, 15) is 4.79 Å².